The lowest BCUT2D eigenvalue weighted by atomic mass is 10.1. The van der Waals surface area contributed by atoms with Crippen molar-refractivity contribution in [3.63, 3.8) is 0 Å². The fraction of sp³-hybridized carbons (Fsp3) is 0.0435. The maximum atomic E-state index is 12.4. The number of benzene rings is 3. The van der Waals surface area contributed by atoms with Crippen molar-refractivity contribution in [2.75, 3.05) is 5.32 Å². The highest BCUT2D eigenvalue weighted by atomic mass is 79.9. The summed E-state index contributed by atoms with van der Waals surface area (Å²) in [5.41, 5.74) is 2.28. The Balaban J connectivity index is 1.70. The van der Waals surface area contributed by atoms with Crippen LogP contribution in [0.4, 0.5) is 5.69 Å². The molecule has 0 aromatic heterocycles. The number of anilines is 1. The quantitative estimate of drug-likeness (QED) is 0.268. The lowest BCUT2D eigenvalue weighted by molar-refractivity contribution is -0.112. The first-order chi connectivity index (χ1) is 14.4. The highest BCUT2D eigenvalue weighted by Crippen LogP contribution is 2.28. The molecule has 30 heavy (non-hydrogen) atoms. The molecular formula is C23H15Br2ClN2O2. The molecule has 0 saturated carbocycles. The summed E-state index contributed by atoms with van der Waals surface area (Å²) in [5.74, 6) is 0.175. The lowest BCUT2D eigenvalue weighted by Gasteiger charge is -2.09. The fourth-order valence-electron chi connectivity index (χ4n) is 2.55. The van der Waals surface area contributed by atoms with E-state index in [9.17, 15) is 10.1 Å². The number of nitrogens with zero attached hydrogens (tertiary/aromatic N) is 1. The zero-order valence-corrected chi connectivity index (χ0v) is 19.5. The van der Waals surface area contributed by atoms with E-state index < -0.39 is 5.91 Å². The molecule has 0 atom stereocenters. The number of hydrogen-bond acceptors (Lipinski definition) is 3. The first kappa shape index (κ1) is 22.1. The molecule has 0 fully saturated rings. The van der Waals surface area contributed by atoms with E-state index in [0.29, 0.717) is 28.6 Å². The Hall–Kier alpha value is -2.59. The molecule has 1 N–H and O–H groups in total. The molecule has 3 aromatic carbocycles. The molecule has 1 amide bonds. The second kappa shape index (κ2) is 10.4. The summed E-state index contributed by atoms with van der Waals surface area (Å²) in [7, 11) is 0. The van der Waals surface area contributed by atoms with Crippen molar-refractivity contribution in [2.45, 2.75) is 6.61 Å². The summed E-state index contributed by atoms with van der Waals surface area (Å²) in [6.45, 7) is 0.392. The molecule has 3 rings (SSSR count). The van der Waals surface area contributed by atoms with Crippen molar-refractivity contribution in [1.82, 2.24) is 0 Å². The zero-order valence-electron chi connectivity index (χ0n) is 15.5. The summed E-state index contributed by atoms with van der Waals surface area (Å²) in [5, 5.41) is 12.8. The van der Waals surface area contributed by atoms with Gasteiger partial charge >= 0.3 is 0 Å². The number of carbonyl (C=O) groups is 1. The molecule has 4 nitrogen and oxygen atoms in total. The van der Waals surface area contributed by atoms with Crippen LogP contribution in [0.15, 0.2) is 81.2 Å². The average molecular weight is 547 g/mol. The molecule has 7 heteroatoms. The van der Waals surface area contributed by atoms with Gasteiger partial charge < -0.3 is 10.1 Å². The van der Waals surface area contributed by atoms with Crippen LogP contribution in [0.5, 0.6) is 5.75 Å². The van der Waals surface area contributed by atoms with Gasteiger partial charge in [0.1, 0.15) is 24.0 Å². The third-order valence-electron chi connectivity index (χ3n) is 4.02. The number of ether oxygens (including phenoxy) is 1. The molecule has 0 aliphatic heterocycles. The van der Waals surface area contributed by atoms with Crippen molar-refractivity contribution in [2.24, 2.45) is 0 Å². The first-order valence-electron chi connectivity index (χ1n) is 8.80. The van der Waals surface area contributed by atoms with E-state index in [-0.39, 0.29) is 5.57 Å². The SMILES string of the molecule is N#C/C(=C/c1ccc(OCc2ccc(Cl)cc2)c(Br)c1)C(=O)Nc1cccc(Br)c1. The molecule has 150 valence electrons. The van der Waals surface area contributed by atoms with Crippen LogP contribution < -0.4 is 10.1 Å². The third kappa shape index (κ3) is 6.20. The van der Waals surface area contributed by atoms with Crippen molar-refractivity contribution in [3.05, 3.63) is 97.4 Å². The van der Waals surface area contributed by atoms with Gasteiger partial charge in [-0.15, -0.1) is 0 Å². The van der Waals surface area contributed by atoms with Crippen LogP contribution in [0.25, 0.3) is 6.08 Å². The molecule has 0 aliphatic rings. The minimum atomic E-state index is -0.477. The second-order valence-electron chi connectivity index (χ2n) is 6.24. The summed E-state index contributed by atoms with van der Waals surface area (Å²) in [4.78, 5) is 12.4. The Morgan fingerprint density at radius 1 is 1.10 bits per heavy atom. The monoisotopic (exact) mass is 544 g/mol. The van der Waals surface area contributed by atoms with Gasteiger partial charge in [-0.3, -0.25) is 4.79 Å². The molecule has 0 heterocycles. The molecule has 0 spiro atoms. The molecule has 0 radical (unpaired) electrons. The Bertz CT molecular complexity index is 1140. The van der Waals surface area contributed by atoms with Gasteiger partial charge in [-0.25, -0.2) is 0 Å². The van der Waals surface area contributed by atoms with E-state index in [1.54, 1.807) is 36.4 Å². The van der Waals surface area contributed by atoms with Gasteiger partial charge in [0.2, 0.25) is 0 Å². The maximum Gasteiger partial charge on any atom is 0.266 e. The summed E-state index contributed by atoms with van der Waals surface area (Å²) in [6, 6.07) is 21.9. The average Bonchev–Trinajstić information content (AvgIpc) is 2.72. The van der Waals surface area contributed by atoms with Gasteiger partial charge in [0.15, 0.2) is 0 Å². The Labute approximate surface area is 196 Å². The van der Waals surface area contributed by atoms with E-state index in [1.807, 2.05) is 36.4 Å². The second-order valence-corrected chi connectivity index (χ2v) is 8.45. The van der Waals surface area contributed by atoms with Crippen LogP contribution in [0, 0.1) is 11.3 Å². The van der Waals surface area contributed by atoms with Crippen LogP contribution in [0.1, 0.15) is 11.1 Å². The molecule has 0 bridgehead atoms. The zero-order chi connectivity index (χ0) is 21.5. The molecule has 0 saturated heterocycles. The van der Waals surface area contributed by atoms with Crippen LogP contribution in [0.3, 0.4) is 0 Å². The Morgan fingerprint density at radius 3 is 2.53 bits per heavy atom. The van der Waals surface area contributed by atoms with Crippen LogP contribution >= 0.6 is 43.5 Å². The summed E-state index contributed by atoms with van der Waals surface area (Å²) in [6.07, 6.45) is 1.53. The summed E-state index contributed by atoms with van der Waals surface area (Å²) >= 11 is 12.7. The van der Waals surface area contributed by atoms with Crippen LogP contribution in [-0.4, -0.2) is 5.91 Å². The van der Waals surface area contributed by atoms with E-state index in [2.05, 4.69) is 37.2 Å². The number of nitrogens with one attached hydrogen (secondary N) is 1. The maximum absolute atomic E-state index is 12.4. The highest BCUT2D eigenvalue weighted by molar-refractivity contribution is 9.10. The third-order valence-corrected chi connectivity index (χ3v) is 5.39. The summed E-state index contributed by atoms with van der Waals surface area (Å²) < 4.78 is 7.38. The minimum absolute atomic E-state index is 0.00305. The van der Waals surface area contributed by atoms with Crippen molar-refractivity contribution in [3.8, 4) is 11.8 Å². The van der Waals surface area contributed by atoms with E-state index in [0.717, 1.165) is 14.5 Å². The normalized spacial score (nSPS) is 10.9. The number of amides is 1. The van der Waals surface area contributed by atoms with Gasteiger partial charge in [-0.05, 0) is 75.6 Å². The fourth-order valence-corrected chi connectivity index (χ4v) is 3.58. The van der Waals surface area contributed by atoms with Crippen molar-refractivity contribution in [1.29, 1.82) is 5.26 Å². The standard InChI is InChI=1S/C23H15Br2ClN2O2/c24-18-2-1-3-20(12-18)28-23(29)17(13-27)10-16-6-9-22(21(25)11-16)30-14-15-4-7-19(26)8-5-15/h1-12H,14H2,(H,28,29)/b17-10-. The number of hydrogen-bond donors (Lipinski definition) is 1. The van der Waals surface area contributed by atoms with Gasteiger partial charge in [0.05, 0.1) is 4.47 Å². The Morgan fingerprint density at radius 2 is 1.87 bits per heavy atom. The predicted molar refractivity (Wildman–Crippen MR) is 126 cm³/mol. The van der Waals surface area contributed by atoms with E-state index in [1.165, 1.54) is 6.08 Å². The van der Waals surface area contributed by atoms with Gasteiger partial charge in [0.25, 0.3) is 5.91 Å². The van der Waals surface area contributed by atoms with Gasteiger partial charge in [-0.1, -0.05) is 51.8 Å². The highest BCUT2D eigenvalue weighted by Gasteiger charge is 2.11. The van der Waals surface area contributed by atoms with E-state index >= 15 is 0 Å². The van der Waals surface area contributed by atoms with Gasteiger partial charge in [-0.2, -0.15) is 5.26 Å². The largest absolute Gasteiger partial charge is 0.488 e. The lowest BCUT2D eigenvalue weighted by Crippen LogP contribution is -2.13. The van der Waals surface area contributed by atoms with Gasteiger partial charge in [0, 0.05) is 15.2 Å². The molecule has 0 aliphatic carbocycles. The van der Waals surface area contributed by atoms with Crippen LogP contribution in [-0.2, 0) is 11.4 Å². The van der Waals surface area contributed by atoms with Crippen molar-refractivity contribution >= 4 is 61.1 Å². The number of nitriles is 1. The molecule has 0 unspecified atom stereocenters. The number of carbonyl (C=O) groups excluding carboxylic acids is 1. The van der Waals surface area contributed by atoms with Crippen LogP contribution in [0.2, 0.25) is 5.02 Å². The topological polar surface area (TPSA) is 62.1 Å². The number of rotatable bonds is 6. The van der Waals surface area contributed by atoms with Crippen molar-refractivity contribution < 1.29 is 9.53 Å². The smallest absolute Gasteiger partial charge is 0.266 e. The number of halogens is 3. The van der Waals surface area contributed by atoms with E-state index in [4.69, 9.17) is 16.3 Å². The Kier molecular flexibility index (Phi) is 7.69. The molecule has 3 aromatic rings. The minimum Gasteiger partial charge on any atom is -0.488 e. The first-order valence-corrected chi connectivity index (χ1v) is 10.8. The predicted octanol–water partition coefficient (Wildman–Crippen LogP) is 6.99. The molecular weight excluding hydrogens is 532 g/mol.